The van der Waals surface area contributed by atoms with Gasteiger partial charge in [-0.05, 0) is 18.1 Å². The summed E-state index contributed by atoms with van der Waals surface area (Å²) in [5, 5.41) is 12.5. The van der Waals surface area contributed by atoms with Crippen LogP contribution in [0.5, 0.6) is 0 Å². The lowest BCUT2D eigenvalue weighted by molar-refractivity contribution is -0.136. The first kappa shape index (κ1) is 14.5. The maximum Gasteiger partial charge on any atom is 0.319 e. The lowest BCUT2D eigenvalue weighted by atomic mass is 10.1. The first-order chi connectivity index (χ1) is 9.56. The topological polar surface area (TPSA) is 72.2 Å². The van der Waals surface area contributed by atoms with Gasteiger partial charge in [-0.2, -0.15) is 5.10 Å². The van der Waals surface area contributed by atoms with Crippen molar-refractivity contribution in [2.75, 3.05) is 0 Å². The molecule has 5 nitrogen and oxygen atoms in total. The summed E-state index contributed by atoms with van der Waals surface area (Å²) in [5.41, 5.74) is 1.51. The van der Waals surface area contributed by atoms with E-state index in [9.17, 15) is 14.1 Å². The zero-order valence-corrected chi connectivity index (χ0v) is 11.9. The van der Waals surface area contributed by atoms with Gasteiger partial charge in [-0.1, -0.05) is 30.3 Å². The average Bonchev–Trinajstić information content (AvgIpc) is 2.82. The summed E-state index contributed by atoms with van der Waals surface area (Å²) in [4.78, 5) is 11.3. The molecule has 0 spiro atoms. The van der Waals surface area contributed by atoms with Gasteiger partial charge in [0, 0.05) is 24.0 Å². The minimum Gasteiger partial charge on any atom is -0.480 e. The Morgan fingerprint density at radius 3 is 2.60 bits per heavy atom. The van der Waals surface area contributed by atoms with Crippen LogP contribution in [0.3, 0.4) is 0 Å². The fourth-order valence-corrected chi connectivity index (χ4v) is 3.16. The van der Waals surface area contributed by atoms with E-state index in [1.165, 1.54) is 0 Å². The third-order valence-corrected chi connectivity index (χ3v) is 4.50. The first-order valence-corrected chi connectivity index (χ1v) is 7.57. The Morgan fingerprint density at radius 1 is 1.35 bits per heavy atom. The van der Waals surface area contributed by atoms with E-state index in [1.54, 1.807) is 24.0 Å². The molecule has 0 saturated heterocycles. The molecule has 2 rings (SSSR count). The van der Waals surface area contributed by atoms with Crippen molar-refractivity contribution in [2.45, 2.75) is 17.4 Å². The van der Waals surface area contributed by atoms with Crippen LogP contribution in [-0.4, -0.2) is 30.3 Å². The van der Waals surface area contributed by atoms with Gasteiger partial charge in [-0.25, -0.2) is 0 Å². The van der Waals surface area contributed by atoms with Crippen LogP contribution in [0.15, 0.2) is 42.6 Å². The average molecular weight is 292 g/mol. The van der Waals surface area contributed by atoms with Gasteiger partial charge in [0.25, 0.3) is 0 Å². The van der Waals surface area contributed by atoms with Crippen LogP contribution in [0, 0.1) is 0 Å². The number of carboxylic acids is 1. The lowest BCUT2D eigenvalue weighted by Crippen LogP contribution is -2.29. The molecule has 0 amide bonds. The van der Waals surface area contributed by atoms with E-state index in [1.807, 2.05) is 30.3 Å². The summed E-state index contributed by atoms with van der Waals surface area (Å²) < 4.78 is 13.9. The first-order valence-electron chi connectivity index (χ1n) is 6.18. The fourth-order valence-electron chi connectivity index (χ4n) is 1.91. The highest BCUT2D eigenvalue weighted by molar-refractivity contribution is 7.85. The number of benzene rings is 1. The summed E-state index contributed by atoms with van der Waals surface area (Å²) >= 11 is 0. The number of aliphatic carboxylic acids is 1. The van der Waals surface area contributed by atoms with Gasteiger partial charge < -0.3 is 5.11 Å². The smallest absolute Gasteiger partial charge is 0.319 e. The SMILES string of the molecule is Cn1ccc(CS(=O)C(Cc2ccccc2)C(=O)O)n1. The quantitative estimate of drug-likeness (QED) is 0.872. The number of hydrogen-bond acceptors (Lipinski definition) is 3. The van der Waals surface area contributed by atoms with Crippen molar-refractivity contribution in [3.05, 3.63) is 53.9 Å². The minimum absolute atomic E-state index is 0.157. The zero-order valence-electron chi connectivity index (χ0n) is 11.1. The summed E-state index contributed by atoms with van der Waals surface area (Å²) in [6.07, 6.45) is 2.01. The van der Waals surface area contributed by atoms with E-state index in [4.69, 9.17) is 0 Å². The molecule has 0 aliphatic carbocycles. The molecule has 6 heteroatoms. The predicted octanol–water partition coefficient (Wildman–Crippen LogP) is 1.36. The Bertz CT molecular complexity index is 610. The Hall–Kier alpha value is -1.95. The van der Waals surface area contributed by atoms with Crippen molar-refractivity contribution in [2.24, 2.45) is 7.05 Å². The van der Waals surface area contributed by atoms with E-state index < -0.39 is 22.0 Å². The Morgan fingerprint density at radius 2 is 2.05 bits per heavy atom. The molecule has 1 aromatic carbocycles. The number of aromatic nitrogens is 2. The third-order valence-electron chi connectivity index (χ3n) is 2.92. The van der Waals surface area contributed by atoms with Crippen LogP contribution in [0.25, 0.3) is 0 Å². The number of carboxylic acid groups (broad SMARTS) is 1. The lowest BCUT2D eigenvalue weighted by Gasteiger charge is -2.11. The summed E-state index contributed by atoms with van der Waals surface area (Å²) in [6.45, 7) is 0. The van der Waals surface area contributed by atoms with Gasteiger partial charge in [-0.3, -0.25) is 13.7 Å². The van der Waals surface area contributed by atoms with Crippen LogP contribution in [-0.2, 0) is 34.8 Å². The maximum atomic E-state index is 12.2. The molecular formula is C14H16N2O3S. The molecule has 106 valence electrons. The largest absolute Gasteiger partial charge is 0.480 e. The van der Waals surface area contributed by atoms with Gasteiger partial charge in [0.2, 0.25) is 0 Å². The summed E-state index contributed by atoms with van der Waals surface area (Å²) in [6, 6.07) is 11.0. The van der Waals surface area contributed by atoms with Gasteiger partial charge in [0.05, 0.1) is 11.4 Å². The van der Waals surface area contributed by atoms with Gasteiger partial charge in [0.1, 0.15) is 5.25 Å². The molecule has 20 heavy (non-hydrogen) atoms. The number of carbonyl (C=O) groups is 1. The molecule has 0 aliphatic rings. The number of nitrogens with zero attached hydrogens (tertiary/aromatic N) is 2. The van der Waals surface area contributed by atoms with Crippen LogP contribution in [0.1, 0.15) is 11.3 Å². The van der Waals surface area contributed by atoms with E-state index in [0.29, 0.717) is 5.69 Å². The molecule has 0 saturated carbocycles. The zero-order chi connectivity index (χ0) is 14.5. The molecular weight excluding hydrogens is 276 g/mol. The summed E-state index contributed by atoms with van der Waals surface area (Å²) in [7, 11) is 0.267. The van der Waals surface area contributed by atoms with Crippen molar-refractivity contribution < 1.29 is 14.1 Å². The van der Waals surface area contributed by atoms with Crippen LogP contribution in [0.2, 0.25) is 0 Å². The van der Waals surface area contributed by atoms with E-state index in [2.05, 4.69) is 5.10 Å². The Labute approximate surface area is 119 Å². The van der Waals surface area contributed by atoms with Crippen molar-refractivity contribution >= 4 is 16.8 Å². The molecule has 1 heterocycles. The third kappa shape index (κ3) is 3.77. The van der Waals surface area contributed by atoms with E-state index in [-0.39, 0.29) is 12.2 Å². The van der Waals surface area contributed by atoms with Crippen LogP contribution in [0.4, 0.5) is 0 Å². The van der Waals surface area contributed by atoms with Crippen LogP contribution < -0.4 is 0 Å². The molecule has 2 aromatic rings. The monoisotopic (exact) mass is 292 g/mol. The maximum absolute atomic E-state index is 12.2. The van der Waals surface area contributed by atoms with Crippen molar-refractivity contribution in [1.29, 1.82) is 0 Å². The molecule has 2 unspecified atom stereocenters. The Kier molecular flexibility index (Phi) is 4.68. The normalized spacial score (nSPS) is 13.8. The number of rotatable bonds is 6. The highest BCUT2D eigenvalue weighted by atomic mass is 32.2. The fraction of sp³-hybridized carbons (Fsp3) is 0.286. The second kappa shape index (κ2) is 6.47. The van der Waals surface area contributed by atoms with Crippen molar-refractivity contribution in [3.8, 4) is 0 Å². The molecule has 2 atom stereocenters. The van der Waals surface area contributed by atoms with E-state index >= 15 is 0 Å². The molecule has 1 aromatic heterocycles. The van der Waals surface area contributed by atoms with Crippen molar-refractivity contribution in [1.82, 2.24) is 9.78 Å². The summed E-state index contributed by atoms with van der Waals surface area (Å²) in [5.74, 6) is -0.881. The van der Waals surface area contributed by atoms with E-state index in [0.717, 1.165) is 5.56 Å². The number of aryl methyl sites for hydroxylation is 1. The molecule has 0 fully saturated rings. The highest BCUT2D eigenvalue weighted by Gasteiger charge is 2.25. The highest BCUT2D eigenvalue weighted by Crippen LogP contribution is 2.12. The predicted molar refractivity (Wildman–Crippen MR) is 76.6 cm³/mol. The molecule has 0 radical (unpaired) electrons. The van der Waals surface area contributed by atoms with Crippen LogP contribution >= 0.6 is 0 Å². The molecule has 0 aliphatic heterocycles. The second-order valence-electron chi connectivity index (χ2n) is 4.52. The van der Waals surface area contributed by atoms with Gasteiger partial charge >= 0.3 is 5.97 Å². The Balaban J connectivity index is 2.08. The standard InChI is InChI=1S/C14H16N2O3S/c1-16-8-7-12(15-16)10-20(19)13(14(17)18)9-11-5-3-2-4-6-11/h2-8,13H,9-10H2,1H3,(H,17,18). The molecule has 1 N–H and O–H groups in total. The second-order valence-corrected chi connectivity index (χ2v) is 6.14. The van der Waals surface area contributed by atoms with Gasteiger partial charge in [-0.15, -0.1) is 0 Å². The van der Waals surface area contributed by atoms with Crippen molar-refractivity contribution in [3.63, 3.8) is 0 Å². The molecule has 0 bridgehead atoms. The van der Waals surface area contributed by atoms with Gasteiger partial charge in [0.15, 0.2) is 0 Å². The number of hydrogen-bond donors (Lipinski definition) is 1. The minimum atomic E-state index is -1.50.